The molecule has 2 rings (SSSR count). The fourth-order valence-corrected chi connectivity index (χ4v) is 3.64. The molecule has 0 bridgehead atoms. The molecule has 2 aromatic rings. The van der Waals surface area contributed by atoms with Crippen molar-refractivity contribution in [2.75, 3.05) is 40.6 Å². The van der Waals surface area contributed by atoms with Crippen molar-refractivity contribution in [2.24, 2.45) is 10.3 Å². The summed E-state index contributed by atoms with van der Waals surface area (Å²) in [4.78, 5) is 9.42. The summed E-state index contributed by atoms with van der Waals surface area (Å²) >= 11 is 0. The van der Waals surface area contributed by atoms with Crippen molar-refractivity contribution in [3.63, 3.8) is 0 Å². The van der Waals surface area contributed by atoms with Gasteiger partial charge >= 0.3 is 0 Å². The van der Waals surface area contributed by atoms with Crippen LogP contribution in [0, 0.1) is 27.7 Å². The van der Waals surface area contributed by atoms with Crippen LogP contribution in [0.25, 0.3) is 0 Å². The van der Waals surface area contributed by atoms with E-state index in [0.717, 1.165) is 56.7 Å². The second-order valence-corrected chi connectivity index (χ2v) is 9.13. The van der Waals surface area contributed by atoms with Crippen molar-refractivity contribution >= 4 is 11.4 Å². The molecular weight excluding hydrogens is 556 g/mol. The van der Waals surface area contributed by atoms with E-state index >= 15 is 0 Å². The maximum atomic E-state index is 5.78. The first-order valence-corrected chi connectivity index (χ1v) is 15.3. The Labute approximate surface area is 267 Å². The first-order chi connectivity index (χ1) is 21.2. The molecule has 0 aliphatic carbocycles. The minimum absolute atomic E-state index is 0.411. The maximum absolute atomic E-state index is 5.78. The van der Waals surface area contributed by atoms with Gasteiger partial charge in [0.1, 0.15) is 63.6 Å². The van der Waals surface area contributed by atoms with E-state index in [2.05, 4.69) is 10.3 Å². The number of nitrogens with zero attached hydrogens (tertiary/aromatic N) is 2. The number of hydrogen-bond donors (Lipinski definition) is 0. The molecule has 0 radical (unpaired) electrons. The van der Waals surface area contributed by atoms with E-state index in [4.69, 9.17) is 28.6 Å². The van der Waals surface area contributed by atoms with Gasteiger partial charge in [-0.05, 0) is 102 Å². The van der Waals surface area contributed by atoms with Gasteiger partial charge in [0.05, 0.1) is 11.4 Å². The lowest BCUT2D eigenvalue weighted by molar-refractivity contribution is 0.209. The van der Waals surface area contributed by atoms with Crippen molar-refractivity contribution in [1.82, 2.24) is 0 Å². The smallest absolute Gasteiger partial charge is 0.129 e. The van der Waals surface area contributed by atoms with Crippen molar-refractivity contribution in [2.45, 2.75) is 83.1 Å². The number of ether oxygens (including phenoxy) is 4. The van der Waals surface area contributed by atoms with Crippen LogP contribution >= 0.6 is 0 Å². The first kappa shape index (κ1) is 42.2. The SMILES string of the molecule is C/C=C/COc1cc(C)c(OC/C(C)=N\OC)c(C)c1.C/C=C/COc1cc(C)c(OC/C(C)=N\OC)c(C)c1.CC.CC. The zero-order valence-corrected chi connectivity index (χ0v) is 29.8. The molecule has 2 aromatic carbocycles. The summed E-state index contributed by atoms with van der Waals surface area (Å²) in [7, 11) is 3.05. The second kappa shape index (κ2) is 26.7. The predicted molar refractivity (Wildman–Crippen MR) is 186 cm³/mol. The molecule has 8 heteroatoms. The summed E-state index contributed by atoms with van der Waals surface area (Å²) in [5, 5.41) is 7.65. The van der Waals surface area contributed by atoms with Gasteiger partial charge in [0.2, 0.25) is 0 Å². The van der Waals surface area contributed by atoms with Crippen LogP contribution in [0.2, 0.25) is 0 Å². The maximum Gasteiger partial charge on any atom is 0.129 e. The molecule has 0 N–H and O–H groups in total. The van der Waals surface area contributed by atoms with Gasteiger partial charge in [-0.1, -0.05) is 62.3 Å². The molecular formula is C36H58N2O6. The van der Waals surface area contributed by atoms with Crippen molar-refractivity contribution in [1.29, 1.82) is 0 Å². The lowest BCUT2D eigenvalue weighted by Gasteiger charge is -2.14. The highest BCUT2D eigenvalue weighted by atomic mass is 16.6. The highest BCUT2D eigenvalue weighted by Crippen LogP contribution is 2.29. The third kappa shape index (κ3) is 17.9. The first-order valence-electron chi connectivity index (χ1n) is 15.3. The summed E-state index contributed by atoms with van der Waals surface area (Å²) in [6.45, 7) is 25.7. The minimum atomic E-state index is 0.411. The monoisotopic (exact) mass is 614 g/mol. The highest BCUT2D eigenvalue weighted by Gasteiger charge is 2.09. The molecule has 0 fully saturated rings. The van der Waals surface area contributed by atoms with Gasteiger partial charge in [-0.2, -0.15) is 0 Å². The molecule has 0 heterocycles. The largest absolute Gasteiger partial charge is 0.490 e. The van der Waals surface area contributed by atoms with Crippen LogP contribution in [0.3, 0.4) is 0 Å². The Morgan fingerprint density at radius 1 is 0.568 bits per heavy atom. The van der Waals surface area contributed by atoms with Crippen molar-refractivity contribution in [3.8, 4) is 23.0 Å². The van der Waals surface area contributed by atoms with Crippen LogP contribution < -0.4 is 18.9 Å². The lowest BCUT2D eigenvalue weighted by atomic mass is 10.1. The predicted octanol–water partition coefficient (Wildman–Crippen LogP) is 9.37. The second-order valence-electron chi connectivity index (χ2n) is 9.13. The van der Waals surface area contributed by atoms with Crippen molar-refractivity contribution in [3.05, 3.63) is 70.8 Å². The van der Waals surface area contributed by atoms with Gasteiger partial charge in [-0.25, -0.2) is 0 Å². The van der Waals surface area contributed by atoms with E-state index in [1.165, 1.54) is 14.2 Å². The highest BCUT2D eigenvalue weighted by molar-refractivity contribution is 5.83. The molecule has 0 spiro atoms. The Kier molecular flexibility index (Phi) is 25.6. The topological polar surface area (TPSA) is 80.1 Å². The Balaban J connectivity index is 0. The number of aryl methyl sites for hydroxylation is 4. The zero-order chi connectivity index (χ0) is 33.9. The summed E-state index contributed by atoms with van der Waals surface area (Å²) < 4.78 is 22.8. The molecule has 0 unspecified atom stereocenters. The molecule has 0 amide bonds. The molecule has 0 aliphatic heterocycles. The molecule has 0 aliphatic rings. The van der Waals surface area contributed by atoms with Gasteiger partial charge in [0.15, 0.2) is 0 Å². The minimum Gasteiger partial charge on any atom is -0.490 e. The van der Waals surface area contributed by atoms with E-state index in [1.54, 1.807) is 0 Å². The van der Waals surface area contributed by atoms with E-state index in [0.29, 0.717) is 26.4 Å². The summed E-state index contributed by atoms with van der Waals surface area (Å²) in [6, 6.07) is 7.92. The van der Waals surface area contributed by atoms with Gasteiger partial charge in [-0.15, -0.1) is 0 Å². The fraction of sp³-hybridized carbons (Fsp3) is 0.500. The fourth-order valence-electron chi connectivity index (χ4n) is 3.64. The van der Waals surface area contributed by atoms with Crippen LogP contribution in [0.5, 0.6) is 23.0 Å². The third-order valence-electron chi connectivity index (χ3n) is 5.38. The van der Waals surface area contributed by atoms with Gasteiger partial charge in [-0.3, -0.25) is 0 Å². The molecule has 0 saturated carbocycles. The van der Waals surface area contributed by atoms with Crippen LogP contribution in [-0.2, 0) is 9.68 Å². The molecule has 0 saturated heterocycles. The third-order valence-corrected chi connectivity index (χ3v) is 5.38. The van der Waals surface area contributed by atoms with Crippen LogP contribution in [0.4, 0.5) is 0 Å². The van der Waals surface area contributed by atoms with Crippen molar-refractivity contribution < 1.29 is 28.6 Å². The number of benzene rings is 2. The average Bonchev–Trinajstić information content (AvgIpc) is 2.99. The van der Waals surface area contributed by atoms with E-state index in [9.17, 15) is 0 Å². The summed E-state index contributed by atoms with van der Waals surface area (Å²) in [5.41, 5.74) is 5.77. The van der Waals surface area contributed by atoms with E-state index < -0.39 is 0 Å². The molecule has 0 aromatic heterocycles. The van der Waals surface area contributed by atoms with Gasteiger partial charge in [0.25, 0.3) is 0 Å². The molecule has 0 atom stereocenters. The quantitative estimate of drug-likeness (QED) is 0.120. The van der Waals surface area contributed by atoms with Crippen LogP contribution in [-0.4, -0.2) is 52.1 Å². The summed E-state index contributed by atoms with van der Waals surface area (Å²) in [6.07, 6.45) is 7.88. The number of allylic oxidation sites excluding steroid dienone is 2. The Morgan fingerprint density at radius 3 is 1.11 bits per heavy atom. The van der Waals surface area contributed by atoms with E-state index in [-0.39, 0.29) is 0 Å². The lowest BCUT2D eigenvalue weighted by Crippen LogP contribution is -2.09. The molecule has 8 nitrogen and oxygen atoms in total. The standard InChI is InChI=1S/2C16H23NO3.2C2H6/c2*1-6-7-8-19-15-9-12(2)16(13(3)10-15)20-11-14(4)17-18-5;2*1-2/h2*6-7,9-10H,8,11H2,1-5H3;2*1-2H3/b2*7-6+,17-14-;;. The Morgan fingerprint density at radius 2 is 0.864 bits per heavy atom. The number of hydrogen-bond acceptors (Lipinski definition) is 8. The number of rotatable bonds is 14. The Bertz CT molecular complexity index is 1030. The van der Waals surface area contributed by atoms with Gasteiger partial charge in [0, 0.05) is 0 Å². The van der Waals surface area contributed by atoms with E-state index in [1.807, 2.05) is 132 Å². The zero-order valence-electron chi connectivity index (χ0n) is 29.8. The molecule has 248 valence electrons. The normalized spacial score (nSPS) is 11.0. The Hall–Kier alpha value is -3.94. The summed E-state index contributed by atoms with van der Waals surface area (Å²) in [5.74, 6) is 3.45. The van der Waals surface area contributed by atoms with Gasteiger partial charge < -0.3 is 28.6 Å². The average molecular weight is 615 g/mol. The van der Waals surface area contributed by atoms with Crippen LogP contribution in [0.1, 0.15) is 77.6 Å². The number of oxime groups is 2. The van der Waals surface area contributed by atoms with Crippen LogP contribution in [0.15, 0.2) is 58.9 Å². The molecule has 44 heavy (non-hydrogen) atoms.